The predicted molar refractivity (Wildman–Crippen MR) is 144 cm³/mol. The number of nitrogens with one attached hydrogen (secondary N) is 2. The molecule has 2 aromatic carbocycles. The van der Waals surface area contributed by atoms with Crippen LogP contribution >= 0.6 is 0 Å². The zero-order chi connectivity index (χ0) is 26.9. The molecule has 1 fully saturated rings. The lowest BCUT2D eigenvalue weighted by molar-refractivity contribution is -0.119. The fourth-order valence-corrected chi connectivity index (χ4v) is 4.54. The first-order valence-electron chi connectivity index (χ1n) is 12.7. The van der Waals surface area contributed by atoms with E-state index in [1.54, 1.807) is 12.1 Å². The Balaban J connectivity index is 0.00000186. The number of anilines is 2. The second-order valence-corrected chi connectivity index (χ2v) is 8.74. The number of hydrazine groups is 1. The molecule has 37 heavy (non-hydrogen) atoms. The number of nitrogens with two attached hydrogens (primary N) is 2. The van der Waals surface area contributed by atoms with Crippen LogP contribution in [-0.2, 0) is 16.0 Å². The summed E-state index contributed by atoms with van der Waals surface area (Å²) in [5.41, 5.74) is 12.9. The zero-order valence-electron chi connectivity index (χ0n) is 21.7. The van der Waals surface area contributed by atoms with Gasteiger partial charge in [0.15, 0.2) is 0 Å². The fourth-order valence-electron chi connectivity index (χ4n) is 4.54. The Morgan fingerprint density at radius 1 is 1.24 bits per heavy atom. The number of fused-ring (bicyclic) bond motifs is 1. The third-order valence-electron chi connectivity index (χ3n) is 6.36. The summed E-state index contributed by atoms with van der Waals surface area (Å²) in [5.74, 6) is 4.87. The molecule has 10 heteroatoms. The minimum Gasteiger partial charge on any atom is -0.442 e. The number of rotatable bonds is 8. The Morgan fingerprint density at radius 3 is 2.70 bits per heavy atom. The smallest absolute Gasteiger partial charge is 0.414 e. The van der Waals surface area contributed by atoms with Gasteiger partial charge in [-0.25, -0.2) is 9.18 Å². The molecule has 1 atom stereocenters. The van der Waals surface area contributed by atoms with Gasteiger partial charge >= 0.3 is 6.09 Å². The van der Waals surface area contributed by atoms with Crippen LogP contribution in [0.25, 0.3) is 11.1 Å². The minimum atomic E-state index is -0.557. The minimum absolute atomic E-state index is 0.201. The summed E-state index contributed by atoms with van der Waals surface area (Å²) in [6.45, 7) is 7.57. The van der Waals surface area contributed by atoms with E-state index in [0.717, 1.165) is 42.9 Å². The van der Waals surface area contributed by atoms with Crippen molar-refractivity contribution in [3.63, 3.8) is 0 Å². The molecular formula is C27H37FN6O3. The summed E-state index contributed by atoms with van der Waals surface area (Å²) >= 11 is 0. The topological polar surface area (TPSA) is 126 Å². The molecule has 1 saturated heterocycles. The van der Waals surface area contributed by atoms with Gasteiger partial charge < -0.3 is 26.1 Å². The monoisotopic (exact) mass is 512 g/mol. The number of hydrogen-bond acceptors (Lipinski definition) is 7. The van der Waals surface area contributed by atoms with Gasteiger partial charge in [-0.15, -0.1) is 0 Å². The number of hydrogen-bond donors (Lipinski definition) is 4. The molecule has 2 amide bonds. The number of nitrogens with zero attached hydrogens (tertiary/aromatic N) is 2. The van der Waals surface area contributed by atoms with E-state index < -0.39 is 18.0 Å². The number of carbonyl (C=O) groups is 2. The van der Waals surface area contributed by atoms with Crippen molar-refractivity contribution in [3.8, 4) is 11.1 Å². The number of halogens is 1. The maximum Gasteiger partial charge on any atom is 0.414 e. The van der Waals surface area contributed by atoms with Crippen molar-refractivity contribution in [2.75, 3.05) is 36.0 Å². The largest absolute Gasteiger partial charge is 0.442 e. The predicted octanol–water partition coefficient (Wildman–Crippen LogP) is 3.39. The molecule has 1 unspecified atom stereocenters. The van der Waals surface area contributed by atoms with Gasteiger partial charge in [-0.2, -0.15) is 0 Å². The highest BCUT2D eigenvalue weighted by Gasteiger charge is 2.32. The number of cyclic esters (lactones) is 1. The van der Waals surface area contributed by atoms with Crippen molar-refractivity contribution in [2.24, 2.45) is 11.6 Å². The van der Waals surface area contributed by atoms with Gasteiger partial charge in [-0.1, -0.05) is 19.9 Å². The van der Waals surface area contributed by atoms with E-state index in [4.69, 9.17) is 16.3 Å². The lowest BCUT2D eigenvalue weighted by atomic mass is 9.95. The zero-order valence-corrected chi connectivity index (χ0v) is 21.7. The van der Waals surface area contributed by atoms with Crippen molar-refractivity contribution < 1.29 is 18.7 Å². The van der Waals surface area contributed by atoms with E-state index in [9.17, 15) is 9.59 Å². The Morgan fingerprint density at radius 2 is 2.03 bits per heavy atom. The normalized spacial score (nSPS) is 16.9. The van der Waals surface area contributed by atoms with Gasteiger partial charge in [-0.05, 0) is 54.3 Å². The van der Waals surface area contributed by atoms with Crippen molar-refractivity contribution >= 4 is 23.4 Å². The van der Waals surface area contributed by atoms with Gasteiger partial charge in [0.05, 0.1) is 18.8 Å². The molecule has 0 spiro atoms. The summed E-state index contributed by atoms with van der Waals surface area (Å²) in [6.07, 6.45) is 3.07. The van der Waals surface area contributed by atoms with E-state index in [-0.39, 0.29) is 19.0 Å². The molecule has 4 rings (SSSR count). The molecule has 0 saturated carbocycles. The summed E-state index contributed by atoms with van der Waals surface area (Å²) in [6, 6.07) is 10.7. The maximum absolute atomic E-state index is 15.2. The third-order valence-corrected chi connectivity index (χ3v) is 6.36. The first-order valence-corrected chi connectivity index (χ1v) is 12.7. The Bertz CT molecular complexity index is 1140. The van der Waals surface area contributed by atoms with Gasteiger partial charge in [0.1, 0.15) is 11.9 Å². The van der Waals surface area contributed by atoms with Crippen LogP contribution in [0.5, 0.6) is 0 Å². The molecule has 0 radical (unpaired) electrons. The quantitative estimate of drug-likeness (QED) is 0.316. The number of benzene rings is 2. The van der Waals surface area contributed by atoms with Crippen molar-refractivity contribution in [3.05, 3.63) is 59.7 Å². The second-order valence-electron chi connectivity index (χ2n) is 8.74. The standard InChI is InChI=1S/C25H31FN6O3.C2H6/c1-16(33)29-14-21-15-32(25(34)35-21)20-5-6-22(23(26)12-20)17-4-7-24-18(11-17)3-2-9-31(24)10-8-19(13-27)30-28;1-2/h4-7,11-13,21,30H,2-3,8-10,14-15,27-28H2,1H3,(H,29,33);1-2H3/b19-13-;. The molecular weight excluding hydrogens is 475 g/mol. The van der Waals surface area contributed by atoms with Crippen LogP contribution in [0.3, 0.4) is 0 Å². The molecule has 2 aliphatic heterocycles. The Kier molecular flexibility index (Phi) is 9.73. The number of aryl methyl sites for hydroxylation is 1. The summed E-state index contributed by atoms with van der Waals surface area (Å²) in [5, 5.41) is 2.63. The Labute approximate surface area is 217 Å². The van der Waals surface area contributed by atoms with Crippen molar-refractivity contribution in [2.45, 2.75) is 46.1 Å². The fraction of sp³-hybridized carbons (Fsp3) is 0.407. The highest BCUT2D eigenvalue weighted by atomic mass is 19.1. The SMILES string of the molecule is CC.CC(=O)NCC1CN(c2ccc(-c3ccc4c(c3)CCCN4CC/C(=C/N)NN)c(F)c2)C(=O)O1. The van der Waals surface area contributed by atoms with E-state index in [0.29, 0.717) is 17.7 Å². The van der Waals surface area contributed by atoms with Gasteiger partial charge in [-0.3, -0.25) is 15.5 Å². The average molecular weight is 513 g/mol. The van der Waals surface area contributed by atoms with Crippen LogP contribution in [0.4, 0.5) is 20.6 Å². The van der Waals surface area contributed by atoms with Crippen LogP contribution in [0.1, 0.15) is 39.2 Å². The molecule has 6 N–H and O–H groups in total. The van der Waals surface area contributed by atoms with Gasteiger partial charge in [0.2, 0.25) is 5.91 Å². The molecule has 0 aromatic heterocycles. The first-order chi connectivity index (χ1) is 17.9. The number of ether oxygens (including phenoxy) is 1. The molecule has 2 aromatic rings. The molecule has 2 heterocycles. The van der Waals surface area contributed by atoms with E-state index in [2.05, 4.69) is 15.6 Å². The molecule has 0 aliphatic carbocycles. The molecule has 0 bridgehead atoms. The van der Waals surface area contributed by atoms with Crippen LogP contribution in [0.2, 0.25) is 0 Å². The second kappa shape index (κ2) is 13.0. The third kappa shape index (κ3) is 6.71. The molecule has 9 nitrogen and oxygen atoms in total. The van der Waals surface area contributed by atoms with E-state index in [1.165, 1.54) is 29.7 Å². The highest BCUT2D eigenvalue weighted by Crippen LogP contribution is 2.34. The van der Waals surface area contributed by atoms with Crippen LogP contribution in [0.15, 0.2) is 48.3 Å². The van der Waals surface area contributed by atoms with E-state index >= 15 is 4.39 Å². The van der Waals surface area contributed by atoms with Crippen molar-refractivity contribution in [1.82, 2.24) is 10.7 Å². The summed E-state index contributed by atoms with van der Waals surface area (Å²) in [4.78, 5) is 27.0. The van der Waals surface area contributed by atoms with Crippen LogP contribution in [0, 0.1) is 5.82 Å². The summed E-state index contributed by atoms with van der Waals surface area (Å²) in [7, 11) is 0. The van der Waals surface area contributed by atoms with Gasteiger partial charge in [0.25, 0.3) is 0 Å². The van der Waals surface area contributed by atoms with E-state index in [1.807, 2.05) is 32.0 Å². The number of amides is 2. The maximum atomic E-state index is 15.2. The van der Waals surface area contributed by atoms with Crippen molar-refractivity contribution in [1.29, 1.82) is 0 Å². The molecule has 2 aliphatic rings. The first kappa shape index (κ1) is 27.8. The van der Waals surface area contributed by atoms with Crippen LogP contribution < -0.4 is 32.1 Å². The summed E-state index contributed by atoms with van der Waals surface area (Å²) < 4.78 is 20.5. The van der Waals surface area contributed by atoms with Crippen LogP contribution in [-0.4, -0.2) is 44.3 Å². The highest BCUT2D eigenvalue weighted by molar-refractivity contribution is 5.90. The average Bonchev–Trinajstić information content (AvgIpc) is 3.29. The van der Waals surface area contributed by atoms with Gasteiger partial charge in [0, 0.05) is 49.6 Å². The lowest BCUT2D eigenvalue weighted by Crippen LogP contribution is -2.33. The molecule has 200 valence electrons. The Hall–Kier alpha value is -3.79. The number of carbonyl (C=O) groups excluding carboxylic acids is 2. The lowest BCUT2D eigenvalue weighted by Gasteiger charge is -2.32.